The molecule has 0 fully saturated rings. The lowest BCUT2D eigenvalue weighted by Crippen LogP contribution is -1.98. The quantitative estimate of drug-likeness (QED) is 0.858. The highest BCUT2D eigenvalue weighted by atomic mass is 35.5. The summed E-state index contributed by atoms with van der Waals surface area (Å²) < 4.78 is 30.0. The maximum atomic E-state index is 11.0. The van der Waals surface area contributed by atoms with Gasteiger partial charge >= 0.3 is 10.1 Å². The molecule has 0 unspecified atom stereocenters. The van der Waals surface area contributed by atoms with Gasteiger partial charge < -0.3 is 0 Å². The van der Waals surface area contributed by atoms with Gasteiger partial charge in [0.1, 0.15) is 0 Å². The number of benzene rings is 2. The van der Waals surface area contributed by atoms with Crippen molar-refractivity contribution in [2.45, 2.75) is 0 Å². The first-order chi connectivity index (χ1) is 8.41. The summed E-state index contributed by atoms with van der Waals surface area (Å²) in [6.45, 7) is 0. The molecule has 94 valence electrons. The lowest BCUT2D eigenvalue weighted by atomic mass is 10.0. The van der Waals surface area contributed by atoms with Crippen molar-refractivity contribution >= 4 is 49.1 Å². The van der Waals surface area contributed by atoms with E-state index >= 15 is 0 Å². The van der Waals surface area contributed by atoms with Gasteiger partial charge in [-0.25, -0.2) is 0 Å². The van der Waals surface area contributed by atoms with E-state index in [2.05, 4.69) is 0 Å². The minimum atomic E-state index is -4.51. The molecule has 0 atom stereocenters. The average Bonchev–Trinajstić information content (AvgIpc) is 2.35. The van der Waals surface area contributed by atoms with Crippen LogP contribution in [0.1, 0.15) is 5.56 Å². The van der Waals surface area contributed by atoms with Crippen molar-refractivity contribution in [2.75, 3.05) is 0 Å². The van der Waals surface area contributed by atoms with Crippen LogP contribution in [0.25, 0.3) is 15.8 Å². The van der Waals surface area contributed by atoms with Crippen LogP contribution in [0.3, 0.4) is 0 Å². The highest BCUT2D eigenvalue weighted by Crippen LogP contribution is 2.33. The lowest BCUT2D eigenvalue weighted by Gasteiger charge is -2.06. The van der Waals surface area contributed by atoms with Crippen LogP contribution in [0, 0.1) is 0 Å². The monoisotopic (exact) mass is 302 g/mol. The van der Waals surface area contributed by atoms with E-state index in [4.69, 9.17) is 27.8 Å². The fourth-order valence-electron chi connectivity index (χ4n) is 1.64. The van der Waals surface area contributed by atoms with Gasteiger partial charge in [0.2, 0.25) is 0 Å². The van der Waals surface area contributed by atoms with Crippen LogP contribution in [0.5, 0.6) is 0 Å². The Bertz CT molecular complexity index is 731. The molecule has 0 saturated heterocycles. The van der Waals surface area contributed by atoms with Gasteiger partial charge in [-0.2, -0.15) is 8.42 Å². The predicted octanol–water partition coefficient (Wildman–Crippen LogP) is 3.83. The first-order valence-corrected chi connectivity index (χ1v) is 7.12. The molecule has 0 radical (unpaired) electrons. The topological polar surface area (TPSA) is 54.4 Å². The third-order valence-electron chi connectivity index (χ3n) is 2.43. The second-order valence-corrected chi connectivity index (χ2v) is 5.93. The van der Waals surface area contributed by atoms with Crippen molar-refractivity contribution < 1.29 is 13.0 Å². The highest BCUT2D eigenvalue weighted by molar-refractivity contribution is 7.91. The maximum Gasteiger partial charge on any atom is 0.307 e. The molecular weight excluding hydrogens is 295 g/mol. The number of rotatable bonds is 2. The van der Waals surface area contributed by atoms with Crippen molar-refractivity contribution in [3.8, 4) is 0 Å². The second-order valence-electron chi connectivity index (χ2n) is 3.59. The van der Waals surface area contributed by atoms with Crippen LogP contribution < -0.4 is 0 Å². The molecule has 0 aliphatic rings. The zero-order chi connectivity index (χ0) is 13.3. The molecule has 6 heteroatoms. The van der Waals surface area contributed by atoms with E-state index in [1.165, 1.54) is 0 Å². The van der Waals surface area contributed by atoms with Crippen molar-refractivity contribution in [3.63, 3.8) is 0 Å². The molecule has 0 aromatic heterocycles. The van der Waals surface area contributed by atoms with Crippen LogP contribution >= 0.6 is 23.2 Å². The van der Waals surface area contributed by atoms with E-state index in [1.807, 2.05) is 18.2 Å². The zero-order valence-electron chi connectivity index (χ0n) is 8.97. The van der Waals surface area contributed by atoms with E-state index in [0.717, 1.165) is 10.8 Å². The van der Waals surface area contributed by atoms with E-state index in [1.54, 1.807) is 24.3 Å². The summed E-state index contributed by atoms with van der Waals surface area (Å²) in [6, 6.07) is 12.5. The van der Waals surface area contributed by atoms with Gasteiger partial charge in [-0.3, -0.25) is 4.55 Å². The van der Waals surface area contributed by atoms with Crippen LogP contribution in [0.2, 0.25) is 0 Å². The normalized spacial score (nSPS) is 13.5. The van der Waals surface area contributed by atoms with Gasteiger partial charge in [-0.1, -0.05) is 65.7 Å². The van der Waals surface area contributed by atoms with E-state index in [-0.39, 0.29) is 5.03 Å². The lowest BCUT2D eigenvalue weighted by molar-refractivity contribution is 0.493. The Balaban J connectivity index is 2.77. The standard InChI is InChI=1S/C12H8Cl2O3S/c13-11(12(14)18(15,16)17)10-7-3-5-8-4-1-2-6-9(8)10/h1-7H,(H,15,16,17)/b12-11+. The maximum absolute atomic E-state index is 11.0. The Labute approximate surface area is 114 Å². The SMILES string of the molecule is O=S(=O)(O)/C(Cl)=C(/Cl)c1cccc2ccccc12. The predicted molar refractivity (Wildman–Crippen MR) is 74.1 cm³/mol. The van der Waals surface area contributed by atoms with Crippen LogP contribution in [0.15, 0.2) is 46.8 Å². The molecule has 0 heterocycles. The summed E-state index contributed by atoms with van der Waals surface area (Å²) in [5, 5.41) is 1.45. The summed E-state index contributed by atoms with van der Waals surface area (Å²) in [5.41, 5.74) is 0.456. The Morgan fingerprint density at radius 1 is 1.00 bits per heavy atom. The fourth-order valence-corrected chi connectivity index (χ4v) is 2.53. The average molecular weight is 303 g/mol. The molecule has 0 aliphatic carbocycles. The van der Waals surface area contributed by atoms with Gasteiger partial charge in [-0.15, -0.1) is 0 Å². The largest absolute Gasteiger partial charge is 0.307 e. The van der Waals surface area contributed by atoms with Gasteiger partial charge in [0.15, 0.2) is 4.36 Å². The molecule has 0 saturated carbocycles. The van der Waals surface area contributed by atoms with Gasteiger partial charge in [0.05, 0.1) is 5.03 Å². The molecule has 2 aromatic rings. The van der Waals surface area contributed by atoms with Gasteiger partial charge in [0, 0.05) is 5.56 Å². The molecule has 18 heavy (non-hydrogen) atoms. The zero-order valence-corrected chi connectivity index (χ0v) is 11.3. The molecule has 2 rings (SSSR count). The molecule has 0 amide bonds. The van der Waals surface area contributed by atoms with E-state index < -0.39 is 14.5 Å². The molecule has 2 aromatic carbocycles. The number of hydrogen-bond acceptors (Lipinski definition) is 2. The Kier molecular flexibility index (Phi) is 3.64. The van der Waals surface area contributed by atoms with E-state index in [9.17, 15) is 8.42 Å². The number of hydrogen-bond donors (Lipinski definition) is 1. The number of halogens is 2. The van der Waals surface area contributed by atoms with Crippen molar-refractivity contribution in [3.05, 3.63) is 52.4 Å². The van der Waals surface area contributed by atoms with Crippen molar-refractivity contribution in [1.29, 1.82) is 0 Å². The first kappa shape index (κ1) is 13.4. The van der Waals surface area contributed by atoms with Crippen LogP contribution in [-0.4, -0.2) is 13.0 Å². The molecule has 3 nitrogen and oxygen atoms in total. The molecule has 0 aliphatic heterocycles. The summed E-state index contributed by atoms with van der Waals surface area (Å²) in [6.07, 6.45) is 0. The summed E-state index contributed by atoms with van der Waals surface area (Å²) in [5.74, 6) is 0. The Morgan fingerprint density at radius 2 is 1.61 bits per heavy atom. The highest BCUT2D eigenvalue weighted by Gasteiger charge is 2.18. The second kappa shape index (κ2) is 4.90. The minimum absolute atomic E-state index is 0.198. The van der Waals surface area contributed by atoms with Crippen molar-refractivity contribution in [1.82, 2.24) is 0 Å². The molecular formula is C12H8Cl2O3S. The Morgan fingerprint density at radius 3 is 2.28 bits per heavy atom. The Hall–Kier alpha value is -1.07. The number of fused-ring (bicyclic) bond motifs is 1. The smallest absolute Gasteiger partial charge is 0.281 e. The van der Waals surface area contributed by atoms with Crippen LogP contribution in [-0.2, 0) is 10.1 Å². The van der Waals surface area contributed by atoms with Crippen LogP contribution in [0.4, 0.5) is 0 Å². The summed E-state index contributed by atoms with van der Waals surface area (Å²) in [4.78, 5) is 0. The third kappa shape index (κ3) is 2.52. The minimum Gasteiger partial charge on any atom is -0.281 e. The van der Waals surface area contributed by atoms with Gasteiger partial charge in [0.25, 0.3) is 0 Å². The fraction of sp³-hybridized carbons (Fsp3) is 0. The van der Waals surface area contributed by atoms with Crippen molar-refractivity contribution in [2.24, 2.45) is 0 Å². The summed E-state index contributed by atoms with van der Waals surface area (Å²) >= 11 is 11.5. The third-order valence-corrected chi connectivity index (χ3v) is 4.46. The molecule has 1 N–H and O–H groups in total. The van der Waals surface area contributed by atoms with E-state index in [0.29, 0.717) is 5.56 Å². The molecule has 0 spiro atoms. The molecule has 0 bridgehead atoms. The summed E-state index contributed by atoms with van der Waals surface area (Å²) in [7, 11) is -4.51. The first-order valence-electron chi connectivity index (χ1n) is 4.92. The van der Waals surface area contributed by atoms with Gasteiger partial charge in [-0.05, 0) is 10.8 Å².